The Morgan fingerprint density at radius 2 is 1.57 bits per heavy atom. The quantitative estimate of drug-likeness (QED) is 0.703. The van der Waals surface area contributed by atoms with Gasteiger partial charge in [0.05, 0.1) is 8.80 Å². The average molecular weight is 202 g/mol. The first kappa shape index (κ1) is 9.28. The van der Waals surface area contributed by atoms with Crippen LogP contribution >= 0.6 is 0 Å². The molecule has 14 heavy (non-hydrogen) atoms. The largest absolute Gasteiger partial charge is 0.507 e. The molecule has 0 aliphatic rings. The van der Waals surface area contributed by atoms with Crippen molar-refractivity contribution < 1.29 is 5.11 Å². The molecular weight excluding hydrogens is 188 g/mol. The van der Waals surface area contributed by atoms with Crippen molar-refractivity contribution in [1.29, 1.82) is 0 Å². The van der Waals surface area contributed by atoms with Gasteiger partial charge in [0, 0.05) is 5.39 Å². The van der Waals surface area contributed by atoms with Crippen LogP contribution < -0.4 is 5.19 Å². The van der Waals surface area contributed by atoms with E-state index in [1.165, 1.54) is 10.6 Å². The first-order valence-electron chi connectivity index (χ1n) is 4.91. The van der Waals surface area contributed by atoms with Gasteiger partial charge in [-0.05, 0) is 11.5 Å². The molecule has 2 aromatic carbocycles. The zero-order chi connectivity index (χ0) is 10.1. The van der Waals surface area contributed by atoms with Crippen molar-refractivity contribution >= 4 is 24.8 Å². The van der Waals surface area contributed by atoms with Gasteiger partial charge < -0.3 is 5.11 Å². The Labute approximate surface area is 85.6 Å². The zero-order valence-corrected chi connectivity index (χ0v) is 9.64. The highest BCUT2D eigenvalue weighted by atomic mass is 28.3. The first-order chi connectivity index (χ1) is 6.70. The van der Waals surface area contributed by atoms with Crippen molar-refractivity contribution in [2.75, 3.05) is 0 Å². The molecule has 0 aliphatic carbocycles. The molecule has 0 saturated carbocycles. The lowest BCUT2D eigenvalue weighted by atomic mass is 10.1. The minimum atomic E-state index is -0.811. The molecule has 0 radical (unpaired) electrons. The number of hydrogen-bond acceptors (Lipinski definition) is 1. The van der Waals surface area contributed by atoms with E-state index in [1.807, 2.05) is 24.3 Å². The molecule has 0 spiro atoms. The Bertz CT molecular complexity index is 463. The summed E-state index contributed by atoms with van der Waals surface area (Å²) in [4.78, 5) is 0. The topological polar surface area (TPSA) is 20.2 Å². The first-order valence-corrected chi connectivity index (χ1v) is 7.79. The van der Waals surface area contributed by atoms with Gasteiger partial charge >= 0.3 is 0 Å². The monoisotopic (exact) mass is 202 g/mol. The molecule has 0 heterocycles. The number of hydrogen-bond donors (Lipinski definition) is 1. The summed E-state index contributed by atoms with van der Waals surface area (Å²) in [6, 6.07) is 11.9. The Balaban J connectivity index is 2.82. The number of benzene rings is 2. The summed E-state index contributed by atoms with van der Waals surface area (Å²) in [5.74, 6) is 0.388. The third kappa shape index (κ3) is 1.42. The SMILES string of the molecule is C[SiH](C)c1ccc(O)c2ccccc12. The zero-order valence-electron chi connectivity index (χ0n) is 8.49. The average Bonchev–Trinajstić information content (AvgIpc) is 2.18. The molecule has 0 bridgehead atoms. The van der Waals surface area contributed by atoms with Crippen molar-refractivity contribution in [3.05, 3.63) is 36.4 Å². The number of rotatable bonds is 1. The van der Waals surface area contributed by atoms with Gasteiger partial charge in [-0.2, -0.15) is 0 Å². The predicted octanol–water partition coefficient (Wildman–Crippen LogP) is 2.24. The summed E-state index contributed by atoms with van der Waals surface area (Å²) >= 11 is 0. The number of fused-ring (bicyclic) bond motifs is 1. The molecule has 2 aromatic rings. The molecule has 0 aliphatic heterocycles. The third-order valence-corrected chi connectivity index (χ3v) is 4.30. The second-order valence-corrected chi connectivity index (χ2v) is 6.81. The number of aromatic hydroxyl groups is 1. The molecule has 0 amide bonds. The lowest BCUT2D eigenvalue weighted by molar-refractivity contribution is 0.482. The van der Waals surface area contributed by atoms with Crippen LogP contribution in [0.15, 0.2) is 36.4 Å². The van der Waals surface area contributed by atoms with Gasteiger partial charge in [-0.3, -0.25) is 0 Å². The molecule has 0 aromatic heterocycles. The predicted molar refractivity (Wildman–Crippen MR) is 64.1 cm³/mol. The van der Waals surface area contributed by atoms with Crippen molar-refractivity contribution in [1.82, 2.24) is 0 Å². The van der Waals surface area contributed by atoms with Gasteiger partial charge in [0.25, 0.3) is 0 Å². The summed E-state index contributed by atoms with van der Waals surface area (Å²) in [6.07, 6.45) is 0. The molecule has 1 nitrogen and oxygen atoms in total. The lowest BCUT2D eigenvalue weighted by Crippen LogP contribution is -2.23. The van der Waals surface area contributed by atoms with E-state index in [2.05, 4.69) is 25.2 Å². The minimum Gasteiger partial charge on any atom is -0.507 e. The van der Waals surface area contributed by atoms with Gasteiger partial charge in [-0.15, -0.1) is 0 Å². The Kier molecular flexibility index (Phi) is 2.29. The van der Waals surface area contributed by atoms with Gasteiger partial charge in [0.1, 0.15) is 5.75 Å². The molecule has 0 saturated heterocycles. The van der Waals surface area contributed by atoms with E-state index in [4.69, 9.17) is 0 Å². The van der Waals surface area contributed by atoms with Crippen LogP contribution in [0.4, 0.5) is 0 Å². The van der Waals surface area contributed by atoms with Crippen LogP contribution in [0.3, 0.4) is 0 Å². The van der Waals surface area contributed by atoms with E-state index < -0.39 is 8.80 Å². The van der Waals surface area contributed by atoms with Crippen LogP contribution in [0.25, 0.3) is 10.8 Å². The highest BCUT2D eigenvalue weighted by molar-refractivity contribution is 6.73. The molecule has 0 fully saturated rings. The van der Waals surface area contributed by atoms with Crippen LogP contribution in [0, 0.1) is 0 Å². The van der Waals surface area contributed by atoms with E-state index in [0.717, 1.165) is 5.39 Å². The molecular formula is C12H14OSi. The van der Waals surface area contributed by atoms with Crippen molar-refractivity contribution in [3.8, 4) is 5.75 Å². The Morgan fingerprint density at radius 1 is 0.929 bits per heavy atom. The minimum absolute atomic E-state index is 0.388. The van der Waals surface area contributed by atoms with E-state index in [-0.39, 0.29) is 0 Å². The number of phenolic OH excluding ortho intramolecular Hbond substituents is 1. The van der Waals surface area contributed by atoms with Crippen LogP contribution in [0.1, 0.15) is 0 Å². The van der Waals surface area contributed by atoms with Gasteiger partial charge in [0.15, 0.2) is 0 Å². The van der Waals surface area contributed by atoms with Gasteiger partial charge in [-0.1, -0.05) is 48.6 Å². The standard InChI is InChI=1S/C12H14OSi/c1-14(2)12-8-7-11(13)9-5-3-4-6-10(9)12/h3-8,13-14H,1-2H3. The second-order valence-electron chi connectivity index (χ2n) is 3.87. The summed E-state index contributed by atoms with van der Waals surface area (Å²) in [7, 11) is -0.811. The molecule has 2 heteroatoms. The maximum atomic E-state index is 9.69. The molecule has 0 unspecified atom stereocenters. The normalized spacial score (nSPS) is 11.1. The van der Waals surface area contributed by atoms with Gasteiger partial charge in [-0.25, -0.2) is 0 Å². The summed E-state index contributed by atoms with van der Waals surface area (Å²) < 4.78 is 0. The maximum Gasteiger partial charge on any atom is 0.123 e. The number of phenols is 1. The lowest BCUT2D eigenvalue weighted by Gasteiger charge is -2.09. The maximum absolute atomic E-state index is 9.69. The fourth-order valence-electron chi connectivity index (χ4n) is 1.81. The van der Waals surface area contributed by atoms with E-state index in [1.54, 1.807) is 0 Å². The van der Waals surface area contributed by atoms with Gasteiger partial charge in [0.2, 0.25) is 0 Å². The Morgan fingerprint density at radius 3 is 2.21 bits per heavy atom. The van der Waals surface area contributed by atoms with Crippen LogP contribution in [-0.2, 0) is 0 Å². The summed E-state index contributed by atoms with van der Waals surface area (Å²) in [6.45, 7) is 4.61. The van der Waals surface area contributed by atoms with E-state index >= 15 is 0 Å². The molecule has 1 N–H and O–H groups in total. The summed E-state index contributed by atoms with van der Waals surface area (Å²) in [5.41, 5.74) is 0. The van der Waals surface area contributed by atoms with Crippen LogP contribution in [0.5, 0.6) is 5.75 Å². The van der Waals surface area contributed by atoms with Crippen LogP contribution in [-0.4, -0.2) is 13.9 Å². The fraction of sp³-hybridized carbons (Fsp3) is 0.167. The second kappa shape index (κ2) is 3.46. The smallest absolute Gasteiger partial charge is 0.123 e. The van der Waals surface area contributed by atoms with Crippen LogP contribution in [0.2, 0.25) is 13.1 Å². The van der Waals surface area contributed by atoms with Crippen molar-refractivity contribution in [2.45, 2.75) is 13.1 Å². The van der Waals surface area contributed by atoms with Crippen molar-refractivity contribution in [2.24, 2.45) is 0 Å². The van der Waals surface area contributed by atoms with E-state index in [9.17, 15) is 5.11 Å². The fourth-order valence-corrected chi connectivity index (χ4v) is 3.16. The highest BCUT2D eigenvalue weighted by Crippen LogP contribution is 2.22. The summed E-state index contributed by atoms with van der Waals surface area (Å²) in [5, 5.41) is 13.3. The van der Waals surface area contributed by atoms with Crippen molar-refractivity contribution in [3.63, 3.8) is 0 Å². The van der Waals surface area contributed by atoms with E-state index in [0.29, 0.717) is 5.75 Å². The molecule has 0 atom stereocenters. The Hall–Kier alpha value is -1.28. The highest BCUT2D eigenvalue weighted by Gasteiger charge is 2.07. The molecule has 72 valence electrons. The molecule has 2 rings (SSSR count). The third-order valence-electron chi connectivity index (χ3n) is 2.56.